The van der Waals surface area contributed by atoms with Crippen molar-refractivity contribution in [3.8, 4) is 22.1 Å². The first kappa shape index (κ1) is 11.8. The second-order valence-electron chi connectivity index (χ2n) is 4.85. The first-order valence-electron chi connectivity index (χ1n) is 6.70. The standard InChI is InChI=1S/C15H14N4S/c1-3-10-9-16-7-6-11(10)12(4-1)14-17-15(19-18-14)13-5-2-8-20-13/h1-5,8,16H,6-7,9H2,(H,17,18,19). The van der Waals surface area contributed by atoms with Gasteiger partial charge in [-0.3, -0.25) is 5.10 Å². The van der Waals surface area contributed by atoms with Crippen molar-refractivity contribution >= 4 is 11.3 Å². The molecule has 0 fully saturated rings. The molecule has 0 saturated carbocycles. The summed E-state index contributed by atoms with van der Waals surface area (Å²) >= 11 is 1.67. The van der Waals surface area contributed by atoms with Gasteiger partial charge in [0.15, 0.2) is 11.6 Å². The molecule has 4 nitrogen and oxygen atoms in total. The minimum Gasteiger partial charge on any atom is -0.312 e. The van der Waals surface area contributed by atoms with Crippen LogP contribution in [0.4, 0.5) is 0 Å². The predicted molar refractivity (Wildman–Crippen MR) is 80.5 cm³/mol. The average molecular weight is 282 g/mol. The van der Waals surface area contributed by atoms with Crippen molar-refractivity contribution in [2.75, 3.05) is 6.54 Å². The Labute approximate surface area is 120 Å². The van der Waals surface area contributed by atoms with E-state index < -0.39 is 0 Å². The zero-order valence-corrected chi connectivity index (χ0v) is 11.7. The quantitative estimate of drug-likeness (QED) is 0.760. The van der Waals surface area contributed by atoms with Crippen LogP contribution in [0.1, 0.15) is 11.1 Å². The number of fused-ring (bicyclic) bond motifs is 1. The highest BCUT2D eigenvalue weighted by molar-refractivity contribution is 7.13. The summed E-state index contributed by atoms with van der Waals surface area (Å²) in [6.07, 6.45) is 1.04. The molecule has 1 aliphatic rings. The van der Waals surface area contributed by atoms with Crippen LogP contribution in [0.25, 0.3) is 22.1 Å². The molecule has 3 heterocycles. The van der Waals surface area contributed by atoms with Crippen LogP contribution in [0.15, 0.2) is 35.7 Å². The Morgan fingerprint density at radius 3 is 3.05 bits per heavy atom. The lowest BCUT2D eigenvalue weighted by molar-refractivity contribution is 0.644. The number of rotatable bonds is 2. The molecule has 3 aromatic rings. The van der Waals surface area contributed by atoms with Crippen molar-refractivity contribution < 1.29 is 0 Å². The topological polar surface area (TPSA) is 53.6 Å². The molecule has 20 heavy (non-hydrogen) atoms. The van der Waals surface area contributed by atoms with E-state index in [1.807, 2.05) is 11.4 Å². The maximum Gasteiger partial charge on any atom is 0.181 e. The lowest BCUT2D eigenvalue weighted by atomic mass is 9.95. The van der Waals surface area contributed by atoms with E-state index in [0.717, 1.165) is 41.6 Å². The molecule has 0 atom stereocenters. The Hall–Kier alpha value is -1.98. The second kappa shape index (κ2) is 4.85. The number of aromatic nitrogens is 3. The Morgan fingerprint density at radius 1 is 1.15 bits per heavy atom. The molecule has 0 spiro atoms. The highest BCUT2D eigenvalue weighted by atomic mass is 32.1. The van der Waals surface area contributed by atoms with Gasteiger partial charge in [0.05, 0.1) is 4.88 Å². The normalized spacial score (nSPS) is 14.2. The molecule has 0 radical (unpaired) electrons. The maximum atomic E-state index is 4.65. The van der Waals surface area contributed by atoms with Crippen LogP contribution in [-0.4, -0.2) is 21.7 Å². The molecule has 2 aromatic heterocycles. The van der Waals surface area contributed by atoms with Gasteiger partial charge in [0.25, 0.3) is 0 Å². The molecule has 0 saturated heterocycles. The molecule has 1 aliphatic heterocycles. The number of aromatic amines is 1. The van der Waals surface area contributed by atoms with Gasteiger partial charge >= 0.3 is 0 Å². The Kier molecular flexibility index (Phi) is 2.86. The van der Waals surface area contributed by atoms with E-state index in [9.17, 15) is 0 Å². The summed E-state index contributed by atoms with van der Waals surface area (Å²) in [5, 5.41) is 12.9. The first-order valence-corrected chi connectivity index (χ1v) is 7.58. The number of thiophene rings is 1. The van der Waals surface area contributed by atoms with E-state index in [0.29, 0.717) is 0 Å². The van der Waals surface area contributed by atoms with Crippen LogP contribution < -0.4 is 5.32 Å². The Balaban J connectivity index is 1.78. The van der Waals surface area contributed by atoms with E-state index in [1.165, 1.54) is 11.1 Å². The summed E-state index contributed by atoms with van der Waals surface area (Å²) in [6, 6.07) is 10.5. The number of benzene rings is 1. The number of nitrogens with one attached hydrogen (secondary N) is 2. The predicted octanol–water partition coefficient (Wildman–Crippen LogP) is 2.85. The van der Waals surface area contributed by atoms with E-state index in [1.54, 1.807) is 11.3 Å². The lowest BCUT2D eigenvalue weighted by Crippen LogP contribution is -2.24. The largest absolute Gasteiger partial charge is 0.312 e. The fraction of sp³-hybridized carbons (Fsp3) is 0.200. The minimum atomic E-state index is 0.798. The second-order valence-corrected chi connectivity index (χ2v) is 5.80. The van der Waals surface area contributed by atoms with E-state index in [2.05, 4.69) is 44.8 Å². The fourth-order valence-corrected chi connectivity index (χ4v) is 3.31. The van der Waals surface area contributed by atoms with Gasteiger partial charge in [0.1, 0.15) is 0 Å². The van der Waals surface area contributed by atoms with Crippen LogP contribution >= 0.6 is 11.3 Å². The summed E-state index contributed by atoms with van der Waals surface area (Å²) in [6.45, 7) is 1.96. The SMILES string of the molecule is c1csc(-c2nc(-c3cccc4c3CCNC4)n[nH]2)c1. The summed E-state index contributed by atoms with van der Waals surface area (Å²) in [7, 11) is 0. The van der Waals surface area contributed by atoms with Crippen LogP contribution in [0.5, 0.6) is 0 Å². The summed E-state index contributed by atoms with van der Waals surface area (Å²) in [4.78, 5) is 5.77. The van der Waals surface area contributed by atoms with Gasteiger partial charge in [-0.2, -0.15) is 5.10 Å². The monoisotopic (exact) mass is 282 g/mol. The van der Waals surface area contributed by atoms with E-state index >= 15 is 0 Å². The zero-order chi connectivity index (χ0) is 13.4. The van der Waals surface area contributed by atoms with Gasteiger partial charge in [-0.05, 0) is 35.5 Å². The molecule has 2 N–H and O–H groups in total. The molecule has 100 valence electrons. The van der Waals surface area contributed by atoms with Crippen LogP contribution in [-0.2, 0) is 13.0 Å². The number of hydrogen-bond donors (Lipinski definition) is 2. The molecule has 0 unspecified atom stereocenters. The molecule has 0 bridgehead atoms. The van der Waals surface area contributed by atoms with E-state index in [-0.39, 0.29) is 0 Å². The van der Waals surface area contributed by atoms with Crippen LogP contribution in [0.3, 0.4) is 0 Å². The molecule has 0 amide bonds. The zero-order valence-electron chi connectivity index (χ0n) is 10.9. The molecule has 1 aromatic carbocycles. The van der Waals surface area contributed by atoms with Gasteiger partial charge in [-0.25, -0.2) is 4.98 Å². The summed E-state index contributed by atoms with van der Waals surface area (Å²) in [5.41, 5.74) is 3.89. The van der Waals surface area contributed by atoms with Crippen molar-refractivity contribution in [1.82, 2.24) is 20.5 Å². The molecular formula is C15H14N4S. The first-order chi connectivity index (χ1) is 9.92. The third kappa shape index (κ3) is 1.95. The number of H-pyrrole nitrogens is 1. The highest BCUT2D eigenvalue weighted by Gasteiger charge is 2.16. The average Bonchev–Trinajstić information content (AvgIpc) is 3.17. The van der Waals surface area contributed by atoms with Crippen molar-refractivity contribution in [2.45, 2.75) is 13.0 Å². The van der Waals surface area contributed by atoms with Gasteiger partial charge in [-0.15, -0.1) is 11.3 Å². The van der Waals surface area contributed by atoms with Crippen LogP contribution in [0, 0.1) is 0 Å². The highest BCUT2D eigenvalue weighted by Crippen LogP contribution is 2.28. The van der Waals surface area contributed by atoms with Crippen molar-refractivity contribution in [3.63, 3.8) is 0 Å². The van der Waals surface area contributed by atoms with Gasteiger partial charge in [0.2, 0.25) is 0 Å². The van der Waals surface area contributed by atoms with Gasteiger partial charge in [0, 0.05) is 12.1 Å². The lowest BCUT2D eigenvalue weighted by Gasteiger charge is -2.18. The Bertz CT molecular complexity index is 730. The van der Waals surface area contributed by atoms with Crippen molar-refractivity contribution in [1.29, 1.82) is 0 Å². The molecule has 5 heteroatoms. The summed E-state index contributed by atoms with van der Waals surface area (Å²) < 4.78 is 0. The van der Waals surface area contributed by atoms with E-state index in [4.69, 9.17) is 0 Å². The Morgan fingerprint density at radius 2 is 2.15 bits per heavy atom. The van der Waals surface area contributed by atoms with Gasteiger partial charge < -0.3 is 5.32 Å². The van der Waals surface area contributed by atoms with Crippen LogP contribution in [0.2, 0.25) is 0 Å². The minimum absolute atomic E-state index is 0.798. The number of nitrogens with zero attached hydrogens (tertiary/aromatic N) is 2. The smallest absolute Gasteiger partial charge is 0.181 e. The fourth-order valence-electron chi connectivity index (χ4n) is 2.65. The summed E-state index contributed by atoms with van der Waals surface area (Å²) in [5.74, 6) is 1.65. The van der Waals surface area contributed by atoms with Crippen molar-refractivity contribution in [3.05, 3.63) is 46.8 Å². The number of hydrogen-bond acceptors (Lipinski definition) is 4. The third-order valence-electron chi connectivity index (χ3n) is 3.62. The molecule has 0 aliphatic carbocycles. The third-order valence-corrected chi connectivity index (χ3v) is 4.50. The van der Waals surface area contributed by atoms with Crippen molar-refractivity contribution in [2.24, 2.45) is 0 Å². The molecular weight excluding hydrogens is 268 g/mol. The maximum absolute atomic E-state index is 4.65. The van der Waals surface area contributed by atoms with Gasteiger partial charge in [-0.1, -0.05) is 24.3 Å². The molecule has 4 rings (SSSR count).